The topological polar surface area (TPSA) is 108 Å². The number of likely N-dealkylation sites (N-methyl/N-ethyl adjacent to an activating group) is 1. The maximum absolute atomic E-state index is 13.1. The minimum Gasteiger partial charge on any atom is -0.355 e. The third kappa shape index (κ3) is 4.27. The highest BCUT2D eigenvalue weighted by molar-refractivity contribution is 6.09. The average Bonchev–Trinajstić information content (AvgIpc) is 2.88. The molecule has 0 aromatic heterocycles. The van der Waals surface area contributed by atoms with Crippen molar-refractivity contribution >= 4 is 23.8 Å². The predicted octanol–water partition coefficient (Wildman–Crippen LogP) is 0.875. The van der Waals surface area contributed by atoms with Crippen LogP contribution < -0.4 is 16.0 Å². The van der Waals surface area contributed by atoms with Gasteiger partial charge in [-0.25, -0.2) is 4.79 Å². The zero-order valence-electron chi connectivity index (χ0n) is 15.9. The van der Waals surface area contributed by atoms with E-state index < -0.39 is 36.0 Å². The van der Waals surface area contributed by atoms with Gasteiger partial charge in [-0.05, 0) is 25.8 Å². The van der Waals surface area contributed by atoms with Crippen LogP contribution in [-0.2, 0) is 19.9 Å². The summed E-state index contributed by atoms with van der Waals surface area (Å²) in [6.45, 7) is 5.25. The third-order valence-corrected chi connectivity index (χ3v) is 4.49. The number of nitrogens with zero attached hydrogens (tertiary/aromatic N) is 1. The first-order valence-corrected chi connectivity index (χ1v) is 9.12. The highest BCUT2D eigenvalue weighted by atomic mass is 16.2. The van der Waals surface area contributed by atoms with Crippen molar-refractivity contribution in [1.82, 2.24) is 20.9 Å². The molecule has 8 nitrogen and oxygen atoms in total. The van der Waals surface area contributed by atoms with Gasteiger partial charge in [0, 0.05) is 6.54 Å². The Balaban J connectivity index is 2.15. The van der Waals surface area contributed by atoms with E-state index in [-0.39, 0.29) is 5.91 Å². The van der Waals surface area contributed by atoms with Crippen molar-refractivity contribution in [2.75, 3.05) is 13.1 Å². The molecule has 1 aliphatic heterocycles. The van der Waals surface area contributed by atoms with Crippen molar-refractivity contribution in [2.45, 2.75) is 45.2 Å². The Kier molecular flexibility index (Phi) is 6.55. The Morgan fingerprint density at radius 3 is 2.44 bits per heavy atom. The fourth-order valence-electron chi connectivity index (χ4n) is 3.20. The molecule has 1 aliphatic rings. The number of hydrogen-bond acceptors (Lipinski definition) is 4. The second-order valence-corrected chi connectivity index (χ2v) is 6.53. The summed E-state index contributed by atoms with van der Waals surface area (Å²) in [6.07, 6.45) is 1.10. The van der Waals surface area contributed by atoms with Gasteiger partial charge in [-0.15, -0.1) is 0 Å². The molecule has 0 aliphatic carbocycles. The summed E-state index contributed by atoms with van der Waals surface area (Å²) in [5, 5.41) is 7.87. The second-order valence-electron chi connectivity index (χ2n) is 6.53. The third-order valence-electron chi connectivity index (χ3n) is 4.49. The zero-order valence-corrected chi connectivity index (χ0v) is 15.9. The van der Waals surface area contributed by atoms with E-state index in [2.05, 4.69) is 16.0 Å². The molecule has 1 saturated heterocycles. The molecule has 0 spiro atoms. The number of carbonyl (C=O) groups excluding carboxylic acids is 4. The lowest BCUT2D eigenvalue weighted by Gasteiger charge is -2.27. The first kappa shape index (κ1) is 20.4. The Morgan fingerprint density at radius 2 is 1.85 bits per heavy atom. The van der Waals surface area contributed by atoms with Crippen molar-refractivity contribution in [3.8, 4) is 0 Å². The Hall–Kier alpha value is -2.90. The quantitative estimate of drug-likeness (QED) is 0.587. The van der Waals surface area contributed by atoms with Crippen molar-refractivity contribution in [3.05, 3.63) is 35.9 Å². The molecule has 2 rings (SSSR count). The lowest BCUT2D eigenvalue weighted by Crippen LogP contribution is -2.49. The summed E-state index contributed by atoms with van der Waals surface area (Å²) in [6, 6.07) is 7.64. The fraction of sp³-hybridized carbons (Fsp3) is 0.474. The molecule has 0 radical (unpaired) electrons. The van der Waals surface area contributed by atoms with Gasteiger partial charge in [0.25, 0.3) is 5.91 Å². The molecule has 0 saturated carbocycles. The molecule has 0 bridgehead atoms. The molecule has 8 heteroatoms. The molecule has 1 heterocycles. The van der Waals surface area contributed by atoms with Crippen LogP contribution in [0.2, 0.25) is 0 Å². The molecule has 1 fully saturated rings. The lowest BCUT2D eigenvalue weighted by atomic mass is 9.85. The van der Waals surface area contributed by atoms with E-state index >= 15 is 0 Å². The molecule has 0 unspecified atom stereocenters. The number of benzene rings is 1. The SMILES string of the molecule is CCC[C@@]1(c2ccccc2)NC(=O)N(CC(=O)N[C@H](C)C(=O)NCC)C1=O. The van der Waals surface area contributed by atoms with Crippen LogP contribution in [0.5, 0.6) is 0 Å². The Morgan fingerprint density at radius 1 is 1.19 bits per heavy atom. The van der Waals surface area contributed by atoms with Crippen molar-refractivity contribution in [1.29, 1.82) is 0 Å². The largest absolute Gasteiger partial charge is 0.355 e. The van der Waals surface area contributed by atoms with E-state index in [1.54, 1.807) is 38.1 Å². The van der Waals surface area contributed by atoms with Crippen LogP contribution in [0.3, 0.4) is 0 Å². The minimum atomic E-state index is -1.17. The molecular formula is C19H26N4O4. The normalized spacial score (nSPS) is 20.2. The number of carbonyl (C=O) groups is 4. The van der Waals surface area contributed by atoms with Gasteiger partial charge in [0.2, 0.25) is 11.8 Å². The van der Waals surface area contributed by atoms with E-state index in [0.717, 1.165) is 4.90 Å². The van der Waals surface area contributed by atoms with E-state index in [9.17, 15) is 19.2 Å². The number of rotatable bonds is 8. The summed E-state index contributed by atoms with van der Waals surface area (Å²) in [4.78, 5) is 50.4. The Labute approximate surface area is 158 Å². The van der Waals surface area contributed by atoms with Gasteiger partial charge in [-0.3, -0.25) is 19.3 Å². The van der Waals surface area contributed by atoms with Gasteiger partial charge < -0.3 is 16.0 Å². The Bertz CT molecular complexity index is 722. The molecule has 1 aromatic rings. The molecular weight excluding hydrogens is 348 g/mol. The van der Waals surface area contributed by atoms with Crippen LogP contribution in [-0.4, -0.2) is 47.8 Å². The average molecular weight is 374 g/mol. The zero-order chi connectivity index (χ0) is 20.0. The maximum Gasteiger partial charge on any atom is 0.325 e. The van der Waals surface area contributed by atoms with Gasteiger partial charge in [0.05, 0.1) is 0 Å². The number of urea groups is 1. The van der Waals surface area contributed by atoms with Crippen LogP contribution in [0.4, 0.5) is 4.79 Å². The van der Waals surface area contributed by atoms with Gasteiger partial charge in [0.15, 0.2) is 0 Å². The summed E-state index contributed by atoms with van der Waals surface area (Å²) < 4.78 is 0. The van der Waals surface area contributed by atoms with Crippen LogP contribution in [0.25, 0.3) is 0 Å². The van der Waals surface area contributed by atoms with Crippen LogP contribution >= 0.6 is 0 Å². The first-order chi connectivity index (χ1) is 12.9. The minimum absolute atomic E-state index is 0.326. The summed E-state index contributed by atoms with van der Waals surface area (Å²) >= 11 is 0. The lowest BCUT2D eigenvalue weighted by molar-refractivity contribution is -0.136. The van der Waals surface area contributed by atoms with Crippen LogP contribution in [0.15, 0.2) is 30.3 Å². The monoisotopic (exact) mass is 374 g/mol. The molecule has 27 heavy (non-hydrogen) atoms. The highest BCUT2D eigenvalue weighted by Gasteiger charge is 2.52. The number of amides is 5. The number of hydrogen-bond donors (Lipinski definition) is 3. The molecule has 1 aromatic carbocycles. The van der Waals surface area contributed by atoms with E-state index in [1.807, 2.05) is 13.0 Å². The summed E-state index contributed by atoms with van der Waals surface area (Å²) in [5.41, 5.74) is -0.484. The van der Waals surface area contributed by atoms with Crippen LogP contribution in [0, 0.1) is 0 Å². The van der Waals surface area contributed by atoms with E-state index in [1.165, 1.54) is 0 Å². The molecule has 3 N–H and O–H groups in total. The predicted molar refractivity (Wildman–Crippen MR) is 99.6 cm³/mol. The second kappa shape index (κ2) is 8.66. The summed E-state index contributed by atoms with van der Waals surface area (Å²) in [5.74, 6) is -1.35. The fourth-order valence-corrected chi connectivity index (χ4v) is 3.20. The van der Waals surface area contributed by atoms with Crippen molar-refractivity contribution in [2.24, 2.45) is 0 Å². The van der Waals surface area contributed by atoms with Gasteiger partial charge in [0.1, 0.15) is 18.1 Å². The van der Waals surface area contributed by atoms with Crippen LogP contribution in [0.1, 0.15) is 39.2 Å². The van der Waals surface area contributed by atoms with Crippen molar-refractivity contribution < 1.29 is 19.2 Å². The van der Waals surface area contributed by atoms with Crippen molar-refractivity contribution in [3.63, 3.8) is 0 Å². The molecule has 146 valence electrons. The number of imide groups is 1. The first-order valence-electron chi connectivity index (χ1n) is 9.12. The molecule has 2 atom stereocenters. The highest BCUT2D eigenvalue weighted by Crippen LogP contribution is 2.33. The standard InChI is InChI=1S/C19H26N4O4/c1-4-11-19(14-9-7-6-8-10-14)17(26)23(18(27)22-19)12-15(24)21-13(3)16(25)20-5-2/h6-10,13H,4-5,11-12H2,1-3H3,(H,20,25)(H,21,24)(H,22,27)/t13-,19+/m1/s1. The van der Waals surface area contributed by atoms with E-state index in [0.29, 0.717) is 24.9 Å². The summed E-state index contributed by atoms with van der Waals surface area (Å²) in [7, 11) is 0. The van der Waals surface area contributed by atoms with E-state index in [4.69, 9.17) is 0 Å². The van der Waals surface area contributed by atoms with Gasteiger partial charge >= 0.3 is 6.03 Å². The van der Waals surface area contributed by atoms with Gasteiger partial charge in [-0.1, -0.05) is 43.7 Å². The maximum atomic E-state index is 13.1. The van der Waals surface area contributed by atoms with Gasteiger partial charge in [-0.2, -0.15) is 0 Å². The smallest absolute Gasteiger partial charge is 0.325 e. The molecule has 5 amide bonds. The number of nitrogens with one attached hydrogen (secondary N) is 3.